The van der Waals surface area contributed by atoms with Crippen LogP contribution in [0.25, 0.3) is 0 Å². The van der Waals surface area contributed by atoms with Gasteiger partial charge >= 0.3 is 0 Å². The van der Waals surface area contributed by atoms with Crippen LogP contribution in [-0.4, -0.2) is 5.78 Å². The second-order valence-corrected chi connectivity index (χ2v) is 6.14. The van der Waals surface area contributed by atoms with Crippen molar-refractivity contribution in [2.45, 2.75) is 12.3 Å². The number of carbonyl (C=O) groups is 1. The minimum Gasteiger partial charge on any atom is -0.294 e. The molecule has 1 nitrogen and oxygen atoms in total. The van der Waals surface area contributed by atoms with Crippen LogP contribution < -0.4 is 0 Å². The van der Waals surface area contributed by atoms with Gasteiger partial charge in [-0.2, -0.15) is 0 Å². The molecular weight excluding hydrogens is 256 g/mol. The molecule has 1 saturated carbocycles. The number of benzene rings is 2. The molecule has 4 rings (SSSR count). The maximum Gasteiger partial charge on any atom is 0.167 e. The van der Waals surface area contributed by atoms with Gasteiger partial charge in [-0.15, -0.1) is 0 Å². The molecule has 21 heavy (non-hydrogen) atoms. The number of Topliss-reactive ketones (excluding diaryl/α,β-unsaturated/α-hetero) is 1. The molecular formula is C20H18O. The fraction of sp³-hybridized carbons (Fsp3) is 0.250. The topological polar surface area (TPSA) is 17.1 Å². The van der Waals surface area contributed by atoms with Crippen molar-refractivity contribution in [3.63, 3.8) is 0 Å². The molecule has 2 aliphatic rings. The molecule has 0 spiro atoms. The van der Waals surface area contributed by atoms with Gasteiger partial charge in [-0.05, 0) is 23.8 Å². The van der Waals surface area contributed by atoms with Crippen LogP contribution in [0.15, 0.2) is 72.8 Å². The summed E-state index contributed by atoms with van der Waals surface area (Å²) >= 11 is 0. The van der Waals surface area contributed by atoms with E-state index >= 15 is 0 Å². The largest absolute Gasteiger partial charge is 0.294 e. The first-order chi connectivity index (χ1) is 10.3. The van der Waals surface area contributed by atoms with Crippen LogP contribution in [0.3, 0.4) is 0 Å². The van der Waals surface area contributed by atoms with E-state index in [9.17, 15) is 4.79 Å². The molecule has 0 aromatic heterocycles. The standard InChI is InChI=1S/C20H18O/c21-20(15-9-5-2-6-10-15)19-17-12-11-16(13-17)18(19)14-7-3-1-4-8-14/h1-12,16-19H,13H2/t16-,17-,18-,19-/m0/s1. The number of hydrogen-bond donors (Lipinski definition) is 0. The Morgan fingerprint density at radius 3 is 2.14 bits per heavy atom. The highest BCUT2D eigenvalue weighted by Crippen LogP contribution is 2.53. The number of carbonyl (C=O) groups excluding carboxylic acids is 1. The van der Waals surface area contributed by atoms with E-state index in [4.69, 9.17) is 0 Å². The van der Waals surface area contributed by atoms with Gasteiger partial charge in [0.2, 0.25) is 0 Å². The zero-order chi connectivity index (χ0) is 14.2. The van der Waals surface area contributed by atoms with E-state index in [0.717, 1.165) is 12.0 Å². The summed E-state index contributed by atoms with van der Waals surface area (Å²) in [7, 11) is 0. The average molecular weight is 274 g/mol. The number of hydrogen-bond acceptors (Lipinski definition) is 1. The third kappa shape index (κ3) is 2.04. The first-order valence-electron chi connectivity index (χ1n) is 7.67. The van der Waals surface area contributed by atoms with Crippen molar-refractivity contribution in [3.8, 4) is 0 Å². The quantitative estimate of drug-likeness (QED) is 0.596. The van der Waals surface area contributed by atoms with E-state index in [-0.39, 0.29) is 5.92 Å². The molecule has 0 heterocycles. The van der Waals surface area contributed by atoms with Gasteiger partial charge in [0, 0.05) is 17.4 Å². The van der Waals surface area contributed by atoms with Crippen LogP contribution in [0.2, 0.25) is 0 Å². The lowest BCUT2D eigenvalue weighted by atomic mass is 9.75. The Labute approximate surface area is 125 Å². The molecule has 1 heteroatoms. The molecule has 4 atom stereocenters. The summed E-state index contributed by atoms with van der Waals surface area (Å²) in [6.07, 6.45) is 5.70. The molecule has 0 unspecified atom stereocenters. The Morgan fingerprint density at radius 1 is 0.810 bits per heavy atom. The van der Waals surface area contributed by atoms with Crippen LogP contribution in [-0.2, 0) is 0 Å². The smallest absolute Gasteiger partial charge is 0.167 e. The zero-order valence-electron chi connectivity index (χ0n) is 11.9. The Balaban J connectivity index is 1.73. The first-order valence-corrected chi connectivity index (χ1v) is 7.67. The third-order valence-corrected chi connectivity index (χ3v) is 5.00. The predicted octanol–water partition coefficient (Wildman–Crippen LogP) is 4.48. The van der Waals surface area contributed by atoms with Gasteiger partial charge < -0.3 is 0 Å². The molecule has 2 bridgehead atoms. The molecule has 0 radical (unpaired) electrons. The number of ketones is 1. The lowest BCUT2D eigenvalue weighted by molar-refractivity contribution is 0.0887. The highest BCUT2D eigenvalue weighted by molar-refractivity contribution is 5.99. The van der Waals surface area contributed by atoms with Gasteiger partial charge in [0.25, 0.3) is 0 Å². The van der Waals surface area contributed by atoms with E-state index in [1.165, 1.54) is 5.56 Å². The van der Waals surface area contributed by atoms with E-state index < -0.39 is 0 Å². The van der Waals surface area contributed by atoms with Gasteiger partial charge in [0.15, 0.2) is 5.78 Å². The van der Waals surface area contributed by atoms with Crippen molar-refractivity contribution in [2.75, 3.05) is 0 Å². The molecule has 0 aliphatic heterocycles. The van der Waals surface area contributed by atoms with Crippen molar-refractivity contribution in [1.29, 1.82) is 0 Å². The van der Waals surface area contributed by atoms with Gasteiger partial charge in [0.1, 0.15) is 0 Å². The van der Waals surface area contributed by atoms with Crippen LogP contribution in [0.1, 0.15) is 28.3 Å². The highest BCUT2D eigenvalue weighted by atomic mass is 16.1. The van der Waals surface area contributed by atoms with Crippen LogP contribution in [0.5, 0.6) is 0 Å². The van der Waals surface area contributed by atoms with Crippen LogP contribution >= 0.6 is 0 Å². The summed E-state index contributed by atoms with van der Waals surface area (Å²) in [4.78, 5) is 13.0. The average Bonchev–Trinajstić information content (AvgIpc) is 3.17. The SMILES string of the molecule is O=C(c1ccccc1)[C@@H]1[C@@H](c2ccccc2)[C@H]2C=C[C@H]1C2. The minimum atomic E-state index is 0.102. The second kappa shape index (κ2) is 5.00. The van der Waals surface area contributed by atoms with Gasteiger partial charge in [-0.25, -0.2) is 0 Å². The van der Waals surface area contributed by atoms with Gasteiger partial charge in [-0.1, -0.05) is 72.8 Å². The molecule has 2 aromatic rings. The second-order valence-electron chi connectivity index (χ2n) is 6.14. The van der Waals surface area contributed by atoms with Gasteiger partial charge in [0.05, 0.1) is 0 Å². The summed E-state index contributed by atoms with van der Waals surface area (Å²) in [5.74, 6) is 1.68. The van der Waals surface area contributed by atoms with Gasteiger partial charge in [-0.3, -0.25) is 4.79 Å². The normalized spacial score (nSPS) is 29.7. The zero-order valence-corrected chi connectivity index (χ0v) is 11.9. The molecule has 1 fully saturated rings. The lowest BCUT2D eigenvalue weighted by Crippen LogP contribution is -2.26. The van der Waals surface area contributed by atoms with Crippen LogP contribution in [0, 0.1) is 17.8 Å². The summed E-state index contributed by atoms with van der Waals surface area (Å²) in [6, 6.07) is 20.3. The molecule has 2 aromatic carbocycles. The maximum absolute atomic E-state index is 13.0. The Kier molecular flexibility index (Phi) is 2.99. The highest BCUT2D eigenvalue weighted by Gasteiger charge is 2.48. The fourth-order valence-corrected chi connectivity index (χ4v) is 4.10. The summed E-state index contributed by atoms with van der Waals surface area (Å²) in [5.41, 5.74) is 2.16. The van der Waals surface area contributed by atoms with E-state index in [1.807, 2.05) is 36.4 Å². The summed E-state index contributed by atoms with van der Waals surface area (Å²) in [6.45, 7) is 0. The Bertz CT molecular complexity index is 671. The predicted molar refractivity (Wildman–Crippen MR) is 84.2 cm³/mol. The van der Waals surface area contributed by atoms with E-state index in [0.29, 0.717) is 23.5 Å². The minimum absolute atomic E-state index is 0.102. The number of allylic oxidation sites excluding steroid dienone is 2. The van der Waals surface area contributed by atoms with Crippen LogP contribution in [0.4, 0.5) is 0 Å². The molecule has 0 amide bonds. The summed E-state index contributed by atoms with van der Waals surface area (Å²) < 4.78 is 0. The lowest BCUT2D eigenvalue weighted by Gasteiger charge is -2.27. The van der Waals surface area contributed by atoms with Crippen molar-refractivity contribution < 1.29 is 4.79 Å². The maximum atomic E-state index is 13.0. The molecule has 0 saturated heterocycles. The molecule has 2 aliphatic carbocycles. The number of rotatable bonds is 3. The first kappa shape index (κ1) is 12.6. The Hall–Kier alpha value is -2.15. The van der Waals surface area contributed by atoms with Crippen molar-refractivity contribution in [1.82, 2.24) is 0 Å². The fourth-order valence-electron chi connectivity index (χ4n) is 4.10. The van der Waals surface area contributed by atoms with Crippen molar-refractivity contribution in [2.24, 2.45) is 17.8 Å². The number of fused-ring (bicyclic) bond motifs is 2. The molecule has 0 N–H and O–H groups in total. The van der Waals surface area contributed by atoms with Crippen molar-refractivity contribution >= 4 is 5.78 Å². The monoisotopic (exact) mass is 274 g/mol. The summed E-state index contributed by atoms with van der Waals surface area (Å²) in [5, 5.41) is 0. The van der Waals surface area contributed by atoms with Crippen molar-refractivity contribution in [3.05, 3.63) is 83.9 Å². The Morgan fingerprint density at radius 2 is 1.43 bits per heavy atom. The third-order valence-electron chi connectivity index (χ3n) is 5.00. The van der Waals surface area contributed by atoms with E-state index in [2.05, 4.69) is 36.4 Å². The van der Waals surface area contributed by atoms with E-state index in [1.54, 1.807) is 0 Å². The molecule has 104 valence electrons.